The summed E-state index contributed by atoms with van der Waals surface area (Å²) in [6, 6.07) is 25.5. The molecule has 7 heteroatoms. The van der Waals surface area contributed by atoms with E-state index in [1.807, 2.05) is 4.68 Å². The minimum absolute atomic E-state index is 0. The van der Waals surface area contributed by atoms with Crippen molar-refractivity contribution in [3.05, 3.63) is 108 Å². The lowest BCUT2D eigenvalue weighted by atomic mass is 9.98. The van der Waals surface area contributed by atoms with Gasteiger partial charge >= 0.3 is 0 Å². The molecule has 33 heavy (non-hydrogen) atoms. The molecule has 0 aliphatic carbocycles. The molecular formula is C26H29IN6. The zero-order chi connectivity index (χ0) is 22.2. The summed E-state index contributed by atoms with van der Waals surface area (Å²) in [4.78, 5) is 8.38. The van der Waals surface area contributed by atoms with E-state index in [-0.39, 0.29) is 24.0 Å². The second kappa shape index (κ2) is 12.2. The average Bonchev–Trinajstić information content (AvgIpc) is 3.34. The maximum Gasteiger partial charge on any atom is 0.191 e. The van der Waals surface area contributed by atoms with Crippen LogP contribution in [0.4, 0.5) is 0 Å². The van der Waals surface area contributed by atoms with Gasteiger partial charge in [0.2, 0.25) is 0 Å². The molecule has 0 aliphatic heterocycles. The summed E-state index contributed by atoms with van der Waals surface area (Å²) in [5.41, 5.74) is 7.34. The third kappa shape index (κ3) is 6.64. The molecule has 0 unspecified atom stereocenters. The van der Waals surface area contributed by atoms with Crippen molar-refractivity contribution in [2.45, 2.75) is 26.6 Å². The lowest BCUT2D eigenvalue weighted by Gasteiger charge is -2.15. The first-order valence-corrected chi connectivity index (χ1v) is 10.7. The Hall–Kier alpha value is -3.20. The molecule has 0 saturated heterocycles. The zero-order valence-electron chi connectivity index (χ0n) is 18.9. The SMILES string of the molecule is CN=C(NCc1ccccc1C)NCc1ccccc1-c1ccc(Cn2cncn2)cc1.I. The van der Waals surface area contributed by atoms with Crippen molar-refractivity contribution in [2.24, 2.45) is 4.99 Å². The zero-order valence-corrected chi connectivity index (χ0v) is 21.2. The van der Waals surface area contributed by atoms with Crippen LogP contribution in [-0.2, 0) is 19.6 Å². The molecule has 6 nitrogen and oxygen atoms in total. The van der Waals surface area contributed by atoms with Crippen LogP contribution in [0.5, 0.6) is 0 Å². The molecule has 1 heterocycles. The number of hydrogen-bond donors (Lipinski definition) is 2. The van der Waals surface area contributed by atoms with Crippen LogP contribution < -0.4 is 10.6 Å². The summed E-state index contributed by atoms with van der Waals surface area (Å²) in [5, 5.41) is 11.0. The highest BCUT2D eigenvalue weighted by Gasteiger charge is 2.07. The van der Waals surface area contributed by atoms with Gasteiger partial charge in [-0.1, -0.05) is 72.8 Å². The quantitative estimate of drug-likeness (QED) is 0.197. The van der Waals surface area contributed by atoms with Crippen molar-refractivity contribution >= 4 is 29.9 Å². The number of aromatic nitrogens is 3. The van der Waals surface area contributed by atoms with E-state index >= 15 is 0 Å². The van der Waals surface area contributed by atoms with Gasteiger partial charge in [-0.3, -0.25) is 4.99 Å². The van der Waals surface area contributed by atoms with Gasteiger partial charge in [0.1, 0.15) is 12.7 Å². The molecule has 0 amide bonds. The molecule has 0 spiro atoms. The van der Waals surface area contributed by atoms with Crippen LogP contribution in [0.2, 0.25) is 0 Å². The largest absolute Gasteiger partial charge is 0.352 e. The molecule has 4 rings (SSSR count). The molecule has 0 atom stereocenters. The maximum atomic E-state index is 4.38. The first-order chi connectivity index (χ1) is 15.7. The van der Waals surface area contributed by atoms with Gasteiger partial charge in [0.25, 0.3) is 0 Å². The molecule has 0 radical (unpaired) electrons. The fraction of sp³-hybridized carbons (Fsp3) is 0.192. The van der Waals surface area contributed by atoms with Crippen LogP contribution in [0, 0.1) is 6.92 Å². The number of hydrogen-bond acceptors (Lipinski definition) is 3. The number of halogens is 1. The molecular weight excluding hydrogens is 523 g/mol. The number of nitrogens with one attached hydrogen (secondary N) is 2. The Morgan fingerprint density at radius 2 is 1.55 bits per heavy atom. The first kappa shape index (κ1) is 24.4. The number of benzene rings is 3. The highest BCUT2D eigenvalue weighted by atomic mass is 127. The van der Waals surface area contributed by atoms with E-state index in [1.165, 1.54) is 33.4 Å². The van der Waals surface area contributed by atoms with Crippen LogP contribution in [0.25, 0.3) is 11.1 Å². The molecule has 0 saturated carbocycles. The lowest BCUT2D eigenvalue weighted by Crippen LogP contribution is -2.36. The van der Waals surface area contributed by atoms with Crippen LogP contribution in [0.3, 0.4) is 0 Å². The maximum absolute atomic E-state index is 4.38. The number of rotatable bonds is 7. The van der Waals surface area contributed by atoms with E-state index in [4.69, 9.17) is 0 Å². The Morgan fingerprint density at radius 3 is 2.21 bits per heavy atom. The summed E-state index contributed by atoms with van der Waals surface area (Å²) in [5.74, 6) is 0.784. The third-order valence-corrected chi connectivity index (χ3v) is 5.47. The molecule has 3 aromatic carbocycles. The molecule has 0 fully saturated rings. The van der Waals surface area contributed by atoms with E-state index in [1.54, 1.807) is 19.7 Å². The van der Waals surface area contributed by atoms with Crippen LogP contribution >= 0.6 is 24.0 Å². The Labute approximate surface area is 212 Å². The first-order valence-electron chi connectivity index (χ1n) is 10.7. The Balaban J connectivity index is 0.00000306. The normalized spacial score (nSPS) is 11.0. The van der Waals surface area contributed by atoms with Gasteiger partial charge in [-0.05, 0) is 40.3 Å². The number of guanidine groups is 1. The minimum atomic E-state index is 0. The lowest BCUT2D eigenvalue weighted by molar-refractivity contribution is 0.685. The minimum Gasteiger partial charge on any atom is -0.352 e. The molecule has 170 valence electrons. The number of aryl methyl sites for hydroxylation is 1. The second-order valence-electron chi connectivity index (χ2n) is 7.65. The van der Waals surface area contributed by atoms with Crippen LogP contribution in [0.1, 0.15) is 22.3 Å². The van der Waals surface area contributed by atoms with E-state index < -0.39 is 0 Å². The Kier molecular flexibility index (Phi) is 9.00. The van der Waals surface area contributed by atoms with Crippen LogP contribution in [0.15, 0.2) is 90.4 Å². The predicted molar refractivity (Wildman–Crippen MR) is 145 cm³/mol. The van der Waals surface area contributed by atoms with E-state index in [0.29, 0.717) is 13.1 Å². The van der Waals surface area contributed by atoms with Crippen molar-refractivity contribution in [1.82, 2.24) is 25.4 Å². The Bertz CT molecular complexity index is 1170. The van der Waals surface area contributed by atoms with Crippen molar-refractivity contribution in [2.75, 3.05) is 7.05 Å². The summed E-state index contributed by atoms with van der Waals surface area (Å²) in [6.45, 7) is 4.26. The molecule has 0 bridgehead atoms. The highest BCUT2D eigenvalue weighted by Crippen LogP contribution is 2.24. The highest BCUT2D eigenvalue weighted by molar-refractivity contribution is 14.0. The van der Waals surface area contributed by atoms with Gasteiger partial charge in [-0.15, -0.1) is 24.0 Å². The van der Waals surface area contributed by atoms with Gasteiger partial charge in [0, 0.05) is 20.1 Å². The fourth-order valence-electron chi connectivity index (χ4n) is 3.63. The van der Waals surface area contributed by atoms with Crippen molar-refractivity contribution in [1.29, 1.82) is 0 Å². The van der Waals surface area contributed by atoms with Gasteiger partial charge < -0.3 is 10.6 Å². The van der Waals surface area contributed by atoms with Crippen molar-refractivity contribution in [3.63, 3.8) is 0 Å². The number of nitrogens with zero attached hydrogens (tertiary/aromatic N) is 4. The Morgan fingerprint density at radius 1 is 0.879 bits per heavy atom. The average molecular weight is 552 g/mol. The summed E-state index contributed by atoms with van der Waals surface area (Å²) >= 11 is 0. The summed E-state index contributed by atoms with van der Waals surface area (Å²) in [6.07, 6.45) is 3.29. The molecule has 0 aliphatic rings. The third-order valence-electron chi connectivity index (χ3n) is 5.47. The van der Waals surface area contributed by atoms with Gasteiger partial charge in [-0.25, -0.2) is 9.67 Å². The molecule has 4 aromatic rings. The van der Waals surface area contributed by atoms with Gasteiger partial charge in [0.05, 0.1) is 6.54 Å². The van der Waals surface area contributed by atoms with E-state index in [9.17, 15) is 0 Å². The predicted octanol–water partition coefficient (Wildman–Crippen LogP) is 4.79. The fourth-order valence-corrected chi connectivity index (χ4v) is 3.63. The smallest absolute Gasteiger partial charge is 0.191 e. The van der Waals surface area contributed by atoms with Crippen molar-refractivity contribution in [3.8, 4) is 11.1 Å². The standard InChI is InChI=1S/C26H28N6.HI/c1-20-7-3-4-8-23(20)15-29-26(27-2)30-16-24-9-5-6-10-25(24)22-13-11-21(12-14-22)17-32-19-28-18-31-32;/h3-14,18-19H,15-17H2,1-2H3,(H2,27,29,30);1H. The summed E-state index contributed by atoms with van der Waals surface area (Å²) < 4.78 is 1.82. The van der Waals surface area contributed by atoms with E-state index in [0.717, 1.165) is 12.5 Å². The summed E-state index contributed by atoms with van der Waals surface area (Å²) in [7, 11) is 1.80. The monoisotopic (exact) mass is 552 g/mol. The topological polar surface area (TPSA) is 67.1 Å². The molecule has 2 N–H and O–H groups in total. The van der Waals surface area contributed by atoms with Crippen LogP contribution in [-0.4, -0.2) is 27.8 Å². The second-order valence-corrected chi connectivity index (χ2v) is 7.65. The van der Waals surface area contributed by atoms with Crippen molar-refractivity contribution < 1.29 is 0 Å². The molecule has 1 aromatic heterocycles. The van der Waals surface area contributed by atoms with Gasteiger partial charge in [0.15, 0.2) is 5.96 Å². The number of aliphatic imine (C=N–C) groups is 1. The van der Waals surface area contributed by atoms with Gasteiger partial charge in [-0.2, -0.15) is 5.10 Å². The van der Waals surface area contributed by atoms with E-state index in [2.05, 4.69) is 105 Å².